The molecular weight excluding hydrogens is 414 g/mol. The van der Waals surface area contributed by atoms with Crippen LogP contribution in [0.4, 0.5) is 4.79 Å². The SMILES string of the molecule is CC(O)C(NC(=O)N[C@@H](CCC(N)=O)c1nc([C@@H](N)CCCN=C(N)N)no1)C(=O)O. The molecule has 0 saturated carbocycles. The van der Waals surface area contributed by atoms with Gasteiger partial charge in [-0.15, -0.1) is 0 Å². The Kier molecular flexibility index (Phi) is 10.1. The van der Waals surface area contributed by atoms with Gasteiger partial charge in [0.15, 0.2) is 17.8 Å². The van der Waals surface area contributed by atoms with Crippen LogP contribution >= 0.6 is 0 Å². The molecule has 0 aliphatic rings. The van der Waals surface area contributed by atoms with Gasteiger partial charge in [0.1, 0.15) is 6.04 Å². The van der Waals surface area contributed by atoms with Crippen molar-refractivity contribution in [3.63, 3.8) is 0 Å². The smallest absolute Gasteiger partial charge is 0.328 e. The van der Waals surface area contributed by atoms with E-state index in [9.17, 15) is 19.5 Å². The Morgan fingerprint density at radius 3 is 2.42 bits per heavy atom. The van der Waals surface area contributed by atoms with Gasteiger partial charge in [0.05, 0.1) is 12.1 Å². The number of aliphatic hydroxyl groups is 1. The fourth-order valence-corrected chi connectivity index (χ4v) is 2.46. The van der Waals surface area contributed by atoms with E-state index in [2.05, 4.69) is 25.8 Å². The van der Waals surface area contributed by atoms with Crippen LogP contribution in [0.2, 0.25) is 0 Å². The topological polar surface area (TPSA) is 271 Å². The zero-order valence-corrected chi connectivity index (χ0v) is 17.0. The van der Waals surface area contributed by atoms with Gasteiger partial charge in [-0.25, -0.2) is 9.59 Å². The molecule has 12 N–H and O–H groups in total. The lowest BCUT2D eigenvalue weighted by atomic mass is 10.1. The van der Waals surface area contributed by atoms with Gasteiger partial charge in [0, 0.05) is 13.0 Å². The summed E-state index contributed by atoms with van der Waals surface area (Å²) in [6.45, 7) is 1.58. The van der Waals surface area contributed by atoms with Crippen molar-refractivity contribution in [3.05, 3.63) is 11.7 Å². The lowest BCUT2D eigenvalue weighted by molar-refractivity contribution is -0.141. The first kappa shape index (κ1) is 25.6. The predicted octanol–water partition coefficient (Wildman–Crippen LogP) is -2.44. The molecule has 1 aromatic heterocycles. The Labute approximate surface area is 177 Å². The molecule has 1 rings (SSSR count). The summed E-state index contributed by atoms with van der Waals surface area (Å²) in [4.78, 5) is 42.5. The molecule has 1 heterocycles. The number of nitrogens with two attached hydrogens (primary N) is 4. The van der Waals surface area contributed by atoms with Crippen LogP contribution in [0.25, 0.3) is 0 Å². The summed E-state index contributed by atoms with van der Waals surface area (Å²) in [5.74, 6) is -1.97. The molecule has 0 aliphatic carbocycles. The highest BCUT2D eigenvalue weighted by Crippen LogP contribution is 2.20. The number of carbonyl (C=O) groups excluding carboxylic acids is 2. The Morgan fingerprint density at radius 1 is 1.19 bits per heavy atom. The molecule has 0 radical (unpaired) electrons. The van der Waals surface area contributed by atoms with E-state index in [-0.39, 0.29) is 30.5 Å². The largest absolute Gasteiger partial charge is 0.480 e. The second-order valence-electron chi connectivity index (χ2n) is 6.78. The predicted molar refractivity (Wildman–Crippen MR) is 107 cm³/mol. The van der Waals surface area contributed by atoms with Gasteiger partial charge in [0.25, 0.3) is 0 Å². The highest BCUT2D eigenvalue weighted by molar-refractivity contribution is 5.83. The molecular formula is C16H29N9O6. The number of nitrogens with one attached hydrogen (secondary N) is 2. The lowest BCUT2D eigenvalue weighted by Gasteiger charge is -2.20. The van der Waals surface area contributed by atoms with Crippen LogP contribution in [0.3, 0.4) is 0 Å². The second kappa shape index (κ2) is 12.3. The summed E-state index contributed by atoms with van der Waals surface area (Å²) in [5, 5.41) is 26.9. The molecule has 31 heavy (non-hydrogen) atoms. The number of aromatic nitrogens is 2. The van der Waals surface area contributed by atoms with E-state index in [0.717, 1.165) is 0 Å². The van der Waals surface area contributed by atoms with Crippen molar-refractivity contribution in [1.29, 1.82) is 0 Å². The molecule has 4 atom stereocenters. The van der Waals surface area contributed by atoms with Crippen molar-refractivity contribution in [3.8, 4) is 0 Å². The van der Waals surface area contributed by atoms with Crippen molar-refractivity contribution in [2.45, 2.75) is 56.8 Å². The van der Waals surface area contributed by atoms with Gasteiger partial charge in [0.2, 0.25) is 11.8 Å². The average Bonchev–Trinajstić information content (AvgIpc) is 3.15. The molecule has 0 spiro atoms. The maximum absolute atomic E-state index is 12.2. The standard InChI is InChI=1S/C16H29N9O6/c1-7(26)11(14(28)29)23-16(30)22-9(4-5-10(18)27)13-24-12(25-31-13)8(17)3-2-6-21-15(19)20/h7-9,11,26H,2-6,17H2,1H3,(H2,18,27)(H,28,29)(H4,19,20,21)(H2,22,23,30)/t7?,8-,9-,11?/m0/s1. The van der Waals surface area contributed by atoms with E-state index in [1.165, 1.54) is 6.92 Å². The number of amides is 3. The first-order valence-corrected chi connectivity index (χ1v) is 9.41. The number of rotatable bonds is 13. The molecule has 174 valence electrons. The van der Waals surface area contributed by atoms with Gasteiger partial charge >= 0.3 is 12.0 Å². The minimum absolute atomic E-state index is 0.0104. The third-order valence-corrected chi connectivity index (χ3v) is 4.07. The number of aliphatic imine (C=N–C) groups is 1. The maximum Gasteiger partial charge on any atom is 0.328 e. The normalized spacial score (nSPS) is 14.7. The quantitative estimate of drug-likeness (QED) is 0.0900. The molecule has 15 nitrogen and oxygen atoms in total. The Morgan fingerprint density at radius 2 is 1.87 bits per heavy atom. The number of carboxylic acids is 1. The van der Waals surface area contributed by atoms with Crippen LogP contribution in [-0.2, 0) is 9.59 Å². The number of urea groups is 1. The van der Waals surface area contributed by atoms with E-state index in [1.807, 2.05) is 0 Å². The van der Waals surface area contributed by atoms with E-state index < -0.39 is 42.1 Å². The van der Waals surface area contributed by atoms with Gasteiger partial charge in [-0.2, -0.15) is 4.98 Å². The van der Waals surface area contributed by atoms with Crippen molar-refractivity contribution in [1.82, 2.24) is 20.8 Å². The van der Waals surface area contributed by atoms with E-state index >= 15 is 0 Å². The van der Waals surface area contributed by atoms with Gasteiger partial charge < -0.3 is 48.3 Å². The number of aliphatic hydroxyl groups excluding tert-OH is 1. The van der Waals surface area contributed by atoms with Gasteiger partial charge in [-0.1, -0.05) is 5.16 Å². The average molecular weight is 443 g/mol. The van der Waals surface area contributed by atoms with Crippen molar-refractivity contribution in [2.24, 2.45) is 27.9 Å². The van der Waals surface area contributed by atoms with Gasteiger partial charge in [-0.05, 0) is 26.2 Å². The Balaban J connectivity index is 2.84. The summed E-state index contributed by atoms with van der Waals surface area (Å²) in [7, 11) is 0. The van der Waals surface area contributed by atoms with Crippen LogP contribution in [0.5, 0.6) is 0 Å². The van der Waals surface area contributed by atoms with Gasteiger partial charge in [-0.3, -0.25) is 9.79 Å². The highest BCUT2D eigenvalue weighted by atomic mass is 16.5. The number of carboxylic acid groups (broad SMARTS) is 1. The zero-order valence-electron chi connectivity index (χ0n) is 17.0. The van der Waals surface area contributed by atoms with E-state index in [4.69, 9.17) is 32.6 Å². The Hall–Kier alpha value is -3.46. The molecule has 1 aromatic rings. The second-order valence-corrected chi connectivity index (χ2v) is 6.78. The fraction of sp³-hybridized carbons (Fsp3) is 0.625. The number of hydrogen-bond donors (Lipinski definition) is 8. The minimum atomic E-state index is -1.55. The van der Waals surface area contributed by atoms with Crippen molar-refractivity contribution >= 4 is 23.9 Å². The van der Waals surface area contributed by atoms with Crippen LogP contribution < -0.4 is 33.6 Å². The van der Waals surface area contributed by atoms with Crippen molar-refractivity contribution < 1.29 is 29.1 Å². The van der Waals surface area contributed by atoms with E-state index in [1.54, 1.807) is 0 Å². The first-order valence-electron chi connectivity index (χ1n) is 9.41. The minimum Gasteiger partial charge on any atom is -0.480 e. The highest BCUT2D eigenvalue weighted by Gasteiger charge is 2.28. The summed E-state index contributed by atoms with van der Waals surface area (Å²) in [5.41, 5.74) is 21.7. The summed E-state index contributed by atoms with van der Waals surface area (Å²) in [6.07, 6.45) is -0.448. The third-order valence-electron chi connectivity index (χ3n) is 4.07. The number of hydrogen-bond acceptors (Lipinski definition) is 9. The van der Waals surface area contributed by atoms with Crippen LogP contribution in [0.1, 0.15) is 56.4 Å². The number of primary amides is 1. The number of carbonyl (C=O) groups is 3. The maximum atomic E-state index is 12.2. The van der Waals surface area contributed by atoms with E-state index in [0.29, 0.717) is 19.4 Å². The first-order chi connectivity index (χ1) is 14.5. The summed E-state index contributed by atoms with van der Waals surface area (Å²) < 4.78 is 5.16. The Bertz CT molecular complexity index is 777. The molecule has 3 amide bonds. The molecule has 0 saturated heterocycles. The van der Waals surface area contributed by atoms with Crippen molar-refractivity contribution in [2.75, 3.05) is 6.54 Å². The lowest BCUT2D eigenvalue weighted by Crippen LogP contribution is -2.51. The molecule has 0 bridgehead atoms. The number of nitrogens with zero attached hydrogens (tertiary/aromatic N) is 3. The molecule has 0 fully saturated rings. The summed E-state index contributed by atoms with van der Waals surface area (Å²) in [6, 6.07) is -4.02. The fourth-order valence-electron chi connectivity index (χ4n) is 2.46. The zero-order chi connectivity index (χ0) is 23.6. The molecule has 0 aromatic carbocycles. The molecule has 2 unspecified atom stereocenters. The van der Waals surface area contributed by atoms with Crippen LogP contribution in [0, 0.1) is 0 Å². The monoisotopic (exact) mass is 443 g/mol. The number of guanidine groups is 1. The van der Waals surface area contributed by atoms with Crippen LogP contribution in [-0.4, -0.2) is 62.9 Å². The van der Waals surface area contributed by atoms with Crippen LogP contribution in [0.15, 0.2) is 9.52 Å². The number of aliphatic carboxylic acids is 1. The molecule has 15 heteroatoms. The molecule has 0 aliphatic heterocycles. The third kappa shape index (κ3) is 9.26. The summed E-state index contributed by atoms with van der Waals surface area (Å²) >= 11 is 0.